The zero-order valence-electron chi connectivity index (χ0n) is 39.2. The van der Waals surface area contributed by atoms with Gasteiger partial charge in [0.1, 0.15) is 11.2 Å². The minimum absolute atomic E-state index is 0.162. The molecule has 1 aromatic heterocycles. The molecule has 0 bridgehead atoms. The van der Waals surface area contributed by atoms with Crippen molar-refractivity contribution in [3.05, 3.63) is 257 Å². The number of rotatable bonds is 5. The van der Waals surface area contributed by atoms with Crippen LogP contribution in [0.25, 0.3) is 77.6 Å². The molecular formula is C67H49NO. The van der Waals surface area contributed by atoms with Gasteiger partial charge in [0.25, 0.3) is 0 Å². The zero-order chi connectivity index (χ0) is 46.2. The molecule has 0 saturated carbocycles. The van der Waals surface area contributed by atoms with E-state index < -0.39 is 5.41 Å². The van der Waals surface area contributed by atoms with Crippen LogP contribution in [-0.2, 0) is 10.8 Å². The van der Waals surface area contributed by atoms with E-state index in [0.717, 1.165) is 44.7 Å². The van der Waals surface area contributed by atoms with Gasteiger partial charge in [-0.15, -0.1) is 0 Å². The van der Waals surface area contributed by atoms with Crippen LogP contribution in [0.5, 0.6) is 0 Å². The fourth-order valence-corrected chi connectivity index (χ4v) is 12.8. The van der Waals surface area contributed by atoms with E-state index in [9.17, 15) is 0 Å². The lowest BCUT2D eigenvalue weighted by molar-refractivity contribution is 0.658. The summed E-state index contributed by atoms with van der Waals surface area (Å²) in [4.78, 5) is 2.49. The lowest BCUT2D eigenvalue weighted by Crippen LogP contribution is -2.29. The fraction of sp³-hybridized carbons (Fsp3) is 0.104. The van der Waals surface area contributed by atoms with Gasteiger partial charge < -0.3 is 9.32 Å². The predicted molar refractivity (Wildman–Crippen MR) is 287 cm³/mol. The minimum Gasteiger partial charge on any atom is -0.455 e. The topological polar surface area (TPSA) is 16.4 Å². The van der Waals surface area contributed by atoms with Crippen LogP contribution in [0.1, 0.15) is 72.6 Å². The molecule has 69 heavy (non-hydrogen) atoms. The average molecular weight is 884 g/mol. The quantitative estimate of drug-likeness (QED) is 0.171. The summed E-state index contributed by atoms with van der Waals surface area (Å²) in [5.74, 6) is 0.355. The van der Waals surface area contributed by atoms with Crippen LogP contribution in [0.4, 0.5) is 17.1 Å². The Balaban J connectivity index is 1.00. The van der Waals surface area contributed by atoms with E-state index >= 15 is 0 Å². The summed E-state index contributed by atoms with van der Waals surface area (Å²) >= 11 is 0. The first kappa shape index (κ1) is 39.9. The third-order valence-corrected chi connectivity index (χ3v) is 15.9. The second-order valence-corrected chi connectivity index (χ2v) is 20.1. The van der Waals surface area contributed by atoms with Gasteiger partial charge in [-0.2, -0.15) is 0 Å². The summed E-state index contributed by atoms with van der Waals surface area (Å²) in [6, 6.07) is 82.0. The summed E-state index contributed by atoms with van der Waals surface area (Å²) in [6.45, 7) is 9.22. The number of fused-ring (bicyclic) bond motifs is 18. The number of furan rings is 1. The van der Waals surface area contributed by atoms with Crippen molar-refractivity contribution in [2.24, 2.45) is 0 Å². The Hall–Kier alpha value is -8.20. The molecular weight excluding hydrogens is 835 g/mol. The van der Waals surface area contributed by atoms with Gasteiger partial charge in [-0.05, 0) is 131 Å². The van der Waals surface area contributed by atoms with Crippen molar-refractivity contribution >= 4 is 39.0 Å². The molecule has 0 atom stereocenters. The highest BCUT2D eigenvalue weighted by Gasteiger charge is 2.50. The Morgan fingerprint density at radius 1 is 0.348 bits per heavy atom. The van der Waals surface area contributed by atoms with Crippen LogP contribution in [0.2, 0.25) is 0 Å². The molecule has 0 amide bonds. The normalized spacial score (nSPS) is 14.2. The maximum Gasteiger partial charge on any atom is 0.143 e. The van der Waals surface area contributed by atoms with Crippen molar-refractivity contribution in [3.63, 3.8) is 0 Å². The second-order valence-electron chi connectivity index (χ2n) is 20.1. The summed E-state index contributed by atoms with van der Waals surface area (Å²) in [5.41, 5.74) is 26.1. The number of hydrogen-bond donors (Lipinski definition) is 0. The van der Waals surface area contributed by atoms with Crippen molar-refractivity contribution in [2.45, 2.75) is 44.4 Å². The lowest BCUT2D eigenvalue weighted by Gasteiger charge is -2.36. The Kier molecular flexibility index (Phi) is 8.48. The number of anilines is 3. The smallest absolute Gasteiger partial charge is 0.143 e. The molecule has 0 radical (unpaired) electrons. The molecule has 2 nitrogen and oxygen atoms in total. The molecule has 2 heteroatoms. The van der Waals surface area contributed by atoms with Crippen LogP contribution in [0.15, 0.2) is 223 Å². The Labute approximate surface area is 403 Å². The number of para-hydroxylation sites is 2. The summed E-state index contributed by atoms with van der Waals surface area (Å²) in [6.07, 6.45) is 0. The maximum absolute atomic E-state index is 6.83. The minimum atomic E-state index is -0.591. The van der Waals surface area contributed by atoms with Gasteiger partial charge in [0.15, 0.2) is 0 Å². The molecule has 0 unspecified atom stereocenters. The van der Waals surface area contributed by atoms with Crippen molar-refractivity contribution in [2.75, 3.05) is 4.90 Å². The van der Waals surface area contributed by atoms with Gasteiger partial charge in [-0.3, -0.25) is 0 Å². The van der Waals surface area contributed by atoms with E-state index in [1.54, 1.807) is 0 Å². The van der Waals surface area contributed by atoms with Crippen molar-refractivity contribution < 1.29 is 4.42 Å². The van der Waals surface area contributed by atoms with E-state index in [4.69, 9.17) is 4.42 Å². The predicted octanol–water partition coefficient (Wildman–Crippen LogP) is 18.2. The van der Waals surface area contributed by atoms with E-state index in [0.29, 0.717) is 5.92 Å². The van der Waals surface area contributed by atoms with E-state index in [1.165, 1.54) is 88.8 Å². The molecule has 14 rings (SSSR count). The van der Waals surface area contributed by atoms with Crippen molar-refractivity contribution in [1.82, 2.24) is 0 Å². The molecule has 10 aromatic carbocycles. The lowest BCUT2D eigenvalue weighted by atomic mass is 9.66. The Bertz CT molecular complexity index is 3850. The molecule has 11 aromatic rings. The second kappa shape index (κ2) is 14.6. The number of nitrogens with zero attached hydrogens (tertiary/aromatic N) is 1. The third kappa shape index (κ3) is 5.49. The summed E-state index contributed by atoms with van der Waals surface area (Å²) in [7, 11) is 0. The van der Waals surface area contributed by atoms with Gasteiger partial charge in [0.05, 0.1) is 5.41 Å². The molecule has 3 aliphatic rings. The monoisotopic (exact) mass is 883 g/mol. The van der Waals surface area contributed by atoms with E-state index in [2.05, 4.69) is 251 Å². The standard InChI is InChI=1S/C67H49NO/c1-41(2)46-23-15-25-56-57-26-16-24-47(65(57)69-64(46)56)42-31-33-43(34-32-42)68(44-35-37-54-52-21-7-11-27-58(52)66(3,4)62(54)39-44)45-36-38-55-53-22-10-14-30-61(53)67(63(55)40-45)59-28-12-8-19-50(59)48-17-5-6-18-49(48)51-20-9-13-29-60(51)67/h5-41H,1-4H3. The molecule has 0 aliphatic heterocycles. The number of hydrogen-bond acceptors (Lipinski definition) is 2. The van der Waals surface area contributed by atoms with Crippen LogP contribution < -0.4 is 4.90 Å². The molecule has 1 heterocycles. The van der Waals surface area contributed by atoms with Gasteiger partial charge in [-0.25, -0.2) is 0 Å². The molecule has 0 N–H and O–H groups in total. The fourth-order valence-electron chi connectivity index (χ4n) is 12.8. The molecule has 0 saturated heterocycles. The van der Waals surface area contributed by atoms with E-state index in [1.807, 2.05) is 0 Å². The SMILES string of the molecule is CC(C)c1cccc2c1oc1c(-c3ccc(N(c4ccc5c(c4)C(C)(C)c4ccccc4-5)c4ccc5c(c4)C4(c6ccccc6-c6ccccc6-c6ccccc64)c4ccccc4-5)cc3)cccc12. The highest BCUT2D eigenvalue weighted by atomic mass is 16.3. The van der Waals surface area contributed by atoms with Crippen LogP contribution in [-0.4, -0.2) is 0 Å². The summed E-state index contributed by atoms with van der Waals surface area (Å²) < 4.78 is 6.83. The van der Waals surface area contributed by atoms with Gasteiger partial charge in [-0.1, -0.05) is 210 Å². The van der Waals surface area contributed by atoms with Gasteiger partial charge >= 0.3 is 0 Å². The largest absolute Gasteiger partial charge is 0.455 e. The van der Waals surface area contributed by atoms with Crippen molar-refractivity contribution in [3.8, 4) is 55.6 Å². The Morgan fingerprint density at radius 2 is 0.768 bits per heavy atom. The van der Waals surface area contributed by atoms with Gasteiger partial charge in [0, 0.05) is 38.8 Å². The van der Waals surface area contributed by atoms with Gasteiger partial charge in [0.2, 0.25) is 0 Å². The molecule has 0 fully saturated rings. The third-order valence-electron chi connectivity index (χ3n) is 15.9. The Morgan fingerprint density at radius 3 is 1.35 bits per heavy atom. The molecule has 1 spiro atoms. The molecule has 3 aliphatic carbocycles. The average Bonchev–Trinajstić information content (AvgIpc) is 3.97. The van der Waals surface area contributed by atoms with Crippen LogP contribution >= 0.6 is 0 Å². The first-order valence-corrected chi connectivity index (χ1v) is 24.4. The maximum atomic E-state index is 6.83. The highest BCUT2D eigenvalue weighted by Crippen LogP contribution is 2.62. The first-order valence-electron chi connectivity index (χ1n) is 24.4. The van der Waals surface area contributed by atoms with Crippen LogP contribution in [0, 0.1) is 0 Å². The van der Waals surface area contributed by atoms with E-state index in [-0.39, 0.29) is 5.41 Å². The molecule has 328 valence electrons. The highest BCUT2D eigenvalue weighted by molar-refractivity contribution is 6.10. The number of benzene rings is 10. The zero-order valence-corrected chi connectivity index (χ0v) is 39.2. The van der Waals surface area contributed by atoms with Crippen LogP contribution in [0.3, 0.4) is 0 Å². The first-order chi connectivity index (χ1) is 33.8. The van der Waals surface area contributed by atoms with Crippen molar-refractivity contribution in [1.29, 1.82) is 0 Å². The summed E-state index contributed by atoms with van der Waals surface area (Å²) in [5, 5.41) is 2.32.